The minimum atomic E-state index is -3.67. The predicted octanol–water partition coefficient (Wildman–Crippen LogP) is 0.533. The maximum absolute atomic E-state index is 12.3. The van der Waals surface area contributed by atoms with Gasteiger partial charge >= 0.3 is 5.97 Å². The highest BCUT2D eigenvalue weighted by molar-refractivity contribution is 7.89. The van der Waals surface area contributed by atoms with Gasteiger partial charge in [-0.1, -0.05) is 6.07 Å². The lowest BCUT2D eigenvalue weighted by atomic mass is 10.1. The molecule has 0 saturated carbocycles. The van der Waals surface area contributed by atoms with Gasteiger partial charge in [-0.15, -0.1) is 0 Å². The summed E-state index contributed by atoms with van der Waals surface area (Å²) in [5.74, 6) is -1.13. The van der Waals surface area contributed by atoms with E-state index >= 15 is 0 Å². The summed E-state index contributed by atoms with van der Waals surface area (Å²) in [6.45, 7) is 2.34. The fraction of sp³-hybridized carbons (Fsp3) is 0.417. The summed E-state index contributed by atoms with van der Waals surface area (Å²) in [5, 5.41) is 11.9. The number of hydrogen-bond acceptors (Lipinski definition) is 4. The van der Waals surface area contributed by atoms with Crippen LogP contribution in [0.4, 0.5) is 0 Å². The molecule has 0 amide bonds. The monoisotopic (exact) mass is 286 g/mol. The van der Waals surface area contributed by atoms with Crippen LogP contribution in [0.5, 0.6) is 0 Å². The molecule has 6 nitrogen and oxygen atoms in total. The third-order valence-corrected chi connectivity index (χ3v) is 4.88. The lowest BCUT2D eigenvalue weighted by Crippen LogP contribution is -2.33. The summed E-state index contributed by atoms with van der Waals surface area (Å²) in [5.41, 5.74) is 0.259. The molecule has 0 saturated heterocycles. The summed E-state index contributed by atoms with van der Waals surface area (Å²) in [6, 6.07) is 4.26. The van der Waals surface area contributed by atoms with Crippen molar-refractivity contribution in [3.05, 3.63) is 29.3 Å². The van der Waals surface area contributed by atoms with Crippen LogP contribution in [-0.2, 0) is 10.0 Å². The summed E-state index contributed by atoms with van der Waals surface area (Å²) in [4.78, 5) is 11.1. The Labute approximate surface area is 113 Å². The predicted molar refractivity (Wildman–Crippen MR) is 71.9 cm³/mol. The number of aromatic carboxylic acids is 1. The minimum absolute atomic E-state index is 0.00286. The number of carboxylic acid groups (broad SMARTS) is 1. The average Bonchev–Trinajstić information content (AvgIpc) is 2.35. The molecule has 2 N–H and O–H groups in total. The van der Waals surface area contributed by atoms with Crippen LogP contribution in [-0.4, -0.2) is 51.0 Å². The van der Waals surface area contributed by atoms with Gasteiger partial charge in [-0.25, -0.2) is 13.2 Å². The lowest BCUT2D eigenvalue weighted by Gasteiger charge is -2.18. The first kappa shape index (κ1) is 15.6. The van der Waals surface area contributed by atoms with E-state index in [0.717, 1.165) is 0 Å². The second-order valence-electron chi connectivity index (χ2n) is 4.16. The van der Waals surface area contributed by atoms with Crippen LogP contribution in [0.25, 0.3) is 0 Å². The Kier molecular flexibility index (Phi) is 5.04. The first-order valence-electron chi connectivity index (χ1n) is 5.76. The summed E-state index contributed by atoms with van der Waals surface area (Å²) >= 11 is 0. The van der Waals surface area contributed by atoms with Gasteiger partial charge in [0.1, 0.15) is 0 Å². The van der Waals surface area contributed by atoms with E-state index in [9.17, 15) is 13.2 Å². The Hall–Kier alpha value is -1.44. The van der Waals surface area contributed by atoms with Gasteiger partial charge in [-0.2, -0.15) is 4.31 Å². The Morgan fingerprint density at radius 1 is 1.42 bits per heavy atom. The number of rotatable bonds is 6. The second kappa shape index (κ2) is 6.14. The molecule has 0 unspecified atom stereocenters. The lowest BCUT2D eigenvalue weighted by molar-refractivity contribution is 0.0696. The van der Waals surface area contributed by atoms with Crippen LogP contribution >= 0.6 is 0 Å². The fourth-order valence-electron chi connectivity index (χ4n) is 1.68. The molecule has 19 heavy (non-hydrogen) atoms. The highest BCUT2D eigenvalue weighted by Crippen LogP contribution is 2.21. The molecular formula is C12H18N2O4S. The number of likely N-dealkylation sites (N-methyl/N-ethyl adjacent to an activating group) is 2. The van der Waals surface area contributed by atoms with Gasteiger partial charge in [0.15, 0.2) is 0 Å². The van der Waals surface area contributed by atoms with Gasteiger partial charge in [-0.3, -0.25) is 0 Å². The zero-order valence-corrected chi connectivity index (χ0v) is 12.0. The van der Waals surface area contributed by atoms with Crippen molar-refractivity contribution in [1.82, 2.24) is 9.62 Å². The van der Waals surface area contributed by atoms with Crippen LogP contribution in [0.15, 0.2) is 23.1 Å². The first-order chi connectivity index (χ1) is 8.82. The smallest absolute Gasteiger partial charge is 0.335 e. The van der Waals surface area contributed by atoms with Gasteiger partial charge in [0, 0.05) is 20.1 Å². The molecular weight excluding hydrogens is 268 g/mol. The molecule has 0 radical (unpaired) electrons. The van der Waals surface area contributed by atoms with E-state index in [1.54, 1.807) is 7.05 Å². The molecule has 7 heteroatoms. The normalized spacial score (nSPS) is 11.8. The van der Waals surface area contributed by atoms with E-state index < -0.39 is 16.0 Å². The summed E-state index contributed by atoms with van der Waals surface area (Å²) in [7, 11) is -0.463. The van der Waals surface area contributed by atoms with Crippen LogP contribution < -0.4 is 5.32 Å². The Morgan fingerprint density at radius 2 is 2.05 bits per heavy atom. The summed E-state index contributed by atoms with van der Waals surface area (Å²) < 4.78 is 25.9. The minimum Gasteiger partial charge on any atom is -0.478 e. The molecule has 0 aliphatic carbocycles. The second-order valence-corrected chi connectivity index (χ2v) is 6.18. The summed E-state index contributed by atoms with van der Waals surface area (Å²) in [6.07, 6.45) is 0. The Bertz CT molecular complexity index is 569. The molecule has 1 rings (SSSR count). The molecule has 0 heterocycles. The van der Waals surface area contributed by atoms with Crippen molar-refractivity contribution in [2.24, 2.45) is 0 Å². The number of carboxylic acids is 1. The van der Waals surface area contributed by atoms with Gasteiger partial charge in [0.2, 0.25) is 10.0 Å². The third kappa shape index (κ3) is 3.31. The molecule has 1 aromatic carbocycles. The van der Waals surface area contributed by atoms with Gasteiger partial charge < -0.3 is 10.4 Å². The molecule has 0 atom stereocenters. The van der Waals surface area contributed by atoms with E-state index in [2.05, 4.69) is 5.32 Å². The highest BCUT2D eigenvalue weighted by atomic mass is 32.2. The van der Waals surface area contributed by atoms with E-state index in [4.69, 9.17) is 5.11 Å². The van der Waals surface area contributed by atoms with Crippen molar-refractivity contribution >= 4 is 16.0 Å². The molecule has 0 fully saturated rings. The van der Waals surface area contributed by atoms with Crippen molar-refractivity contribution in [2.45, 2.75) is 11.8 Å². The highest BCUT2D eigenvalue weighted by Gasteiger charge is 2.24. The van der Waals surface area contributed by atoms with Crippen LogP contribution in [0, 0.1) is 6.92 Å². The number of nitrogens with one attached hydrogen (secondary N) is 1. The van der Waals surface area contributed by atoms with E-state index in [1.807, 2.05) is 0 Å². The topological polar surface area (TPSA) is 86.7 Å². The third-order valence-electron chi connectivity index (χ3n) is 2.88. The maximum Gasteiger partial charge on any atom is 0.335 e. The zero-order chi connectivity index (χ0) is 14.6. The van der Waals surface area contributed by atoms with Crippen molar-refractivity contribution in [3.8, 4) is 0 Å². The van der Waals surface area contributed by atoms with Crippen LogP contribution in [0.1, 0.15) is 15.9 Å². The number of hydrogen-bond donors (Lipinski definition) is 2. The SMILES string of the molecule is CNCCN(C)S(=O)(=O)c1cccc(C(=O)O)c1C. The van der Waals surface area contributed by atoms with Gasteiger partial charge in [-0.05, 0) is 31.7 Å². The molecule has 0 aliphatic heterocycles. The Balaban J connectivity index is 3.22. The van der Waals surface area contributed by atoms with Crippen molar-refractivity contribution in [2.75, 3.05) is 27.2 Å². The van der Waals surface area contributed by atoms with Crippen molar-refractivity contribution < 1.29 is 18.3 Å². The van der Waals surface area contributed by atoms with Crippen molar-refractivity contribution in [3.63, 3.8) is 0 Å². The van der Waals surface area contributed by atoms with Gasteiger partial charge in [0.25, 0.3) is 0 Å². The van der Waals surface area contributed by atoms with Crippen LogP contribution in [0.3, 0.4) is 0 Å². The molecule has 1 aromatic rings. The first-order valence-corrected chi connectivity index (χ1v) is 7.20. The van der Waals surface area contributed by atoms with E-state index in [0.29, 0.717) is 13.1 Å². The van der Waals surface area contributed by atoms with Crippen molar-refractivity contribution in [1.29, 1.82) is 0 Å². The van der Waals surface area contributed by atoms with E-state index in [-0.39, 0.29) is 16.0 Å². The quantitative estimate of drug-likeness (QED) is 0.796. The standard InChI is InChI=1S/C12H18N2O4S/c1-9-10(12(15)16)5-4-6-11(9)19(17,18)14(3)8-7-13-2/h4-6,13H,7-8H2,1-3H3,(H,15,16). The molecule has 0 bridgehead atoms. The van der Waals surface area contributed by atoms with Gasteiger partial charge in [0.05, 0.1) is 10.5 Å². The number of carbonyl (C=O) groups is 1. The number of nitrogens with zero attached hydrogens (tertiary/aromatic N) is 1. The number of benzene rings is 1. The average molecular weight is 286 g/mol. The molecule has 0 aromatic heterocycles. The fourth-order valence-corrected chi connectivity index (χ4v) is 3.10. The van der Waals surface area contributed by atoms with Crippen LogP contribution in [0.2, 0.25) is 0 Å². The largest absolute Gasteiger partial charge is 0.478 e. The number of sulfonamides is 1. The molecule has 0 spiro atoms. The maximum atomic E-state index is 12.3. The zero-order valence-electron chi connectivity index (χ0n) is 11.2. The molecule has 0 aliphatic rings. The Morgan fingerprint density at radius 3 is 2.58 bits per heavy atom. The molecule has 106 valence electrons. The van der Waals surface area contributed by atoms with E-state index in [1.165, 1.54) is 36.5 Å².